The van der Waals surface area contributed by atoms with Gasteiger partial charge in [0.05, 0.1) is 17.9 Å². The maximum Gasteiger partial charge on any atom is 0.241 e. The van der Waals surface area contributed by atoms with Crippen molar-refractivity contribution in [3.05, 3.63) is 23.8 Å². The van der Waals surface area contributed by atoms with E-state index >= 15 is 0 Å². The summed E-state index contributed by atoms with van der Waals surface area (Å²) in [5, 5.41) is 3.13. The molecule has 98 valence electrons. The van der Waals surface area contributed by atoms with Crippen LogP contribution in [0.4, 0.5) is 11.4 Å². The number of carbonyl (C=O) groups excluding carboxylic acids is 1. The van der Waals surface area contributed by atoms with Crippen molar-refractivity contribution in [2.45, 2.75) is 26.2 Å². The van der Waals surface area contributed by atoms with Crippen molar-refractivity contribution in [1.29, 1.82) is 0 Å². The van der Waals surface area contributed by atoms with Crippen LogP contribution in [-0.4, -0.2) is 30.4 Å². The van der Waals surface area contributed by atoms with Crippen molar-refractivity contribution >= 4 is 17.3 Å². The molecular weight excluding hydrogens is 226 g/mol. The number of rotatable bonds is 3. The first-order valence-corrected chi connectivity index (χ1v) is 6.54. The first-order chi connectivity index (χ1) is 8.66. The smallest absolute Gasteiger partial charge is 0.241 e. The molecule has 18 heavy (non-hydrogen) atoms. The maximum absolute atomic E-state index is 12.0. The normalized spacial score (nSPS) is 15.5. The fourth-order valence-corrected chi connectivity index (χ4v) is 2.25. The molecule has 1 amide bonds. The van der Waals surface area contributed by atoms with Crippen LogP contribution < -0.4 is 11.1 Å². The molecule has 0 bridgehead atoms. The Kier molecular flexibility index (Phi) is 4.07. The zero-order valence-electron chi connectivity index (χ0n) is 10.9. The molecule has 1 aromatic rings. The van der Waals surface area contributed by atoms with E-state index in [4.69, 9.17) is 5.73 Å². The summed E-state index contributed by atoms with van der Waals surface area (Å²) < 4.78 is 0. The minimum atomic E-state index is 0.163. The van der Waals surface area contributed by atoms with Crippen LogP contribution in [0.15, 0.2) is 18.2 Å². The van der Waals surface area contributed by atoms with E-state index in [1.807, 2.05) is 30.0 Å². The molecule has 4 heteroatoms. The first kappa shape index (κ1) is 12.7. The summed E-state index contributed by atoms with van der Waals surface area (Å²) in [4.78, 5) is 13.9. The molecular formula is C14H21N3O. The molecule has 1 fully saturated rings. The molecule has 0 saturated carbocycles. The van der Waals surface area contributed by atoms with E-state index in [0.29, 0.717) is 12.2 Å². The largest absolute Gasteiger partial charge is 0.397 e. The second kappa shape index (κ2) is 5.76. The quantitative estimate of drug-likeness (QED) is 0.803. The molecule has 4 nitrogen and oxygen atoms in total. The van der Waals surface area contributed by atoms with Crippen LogP contribution in [-0.2, 0) is 4.79 Å². The number of likely N-dealkylation sites (tertiary alicyclic amines) is 1. The highest BCUT2D eigenvalue weighted by Gasteiger charge is 2.16. The van der Waals surface area contributed by atoms with Gasteiger partial charge in [-0.3, -0.25) is 4.79 Å². The fourth-order valence-electron chi connectivity index (χ4n) is 2.25. The minimum Gasteiger partial charge on any atom is -0.397 e. The standard InChI is InChI=1S/C14H21N3O/c1-11-5-6-12(15)13(9-11)16-10-14(18)17-7-3-2-4-8-17/h5-6,9,16H,2-4,7-8,10,15H2,1H3. The van der Waals surface area contributed by atoms with Crippen LogP contribution in [0.1, 0.15) is 24.8 Å². The lowest BCUT2D eigenvalue weighted by atomic mass is 10.1. The third kappa shape index (κ3) is 3.15. The molecule has 0 aliphatic carbocycles. The number of nitrogens with zero attached hydrogens (tertiary/aromatic N) is 1. The fraction of sp³-hybridized carbons (Fsp3) is 0.500. The third-order valence-corrected chi connectivity index (χ3v) is 3.35. The summed E-state index contributed by atoms with van der Waals surface area (Å²) in [6, 6.07) is 5.80. The number of hydrogen-bond donors (Lipinski definition) is 2. The van der Waals surface area contributed by atoms with Crippen molar-refractivity contribution in [3.8, 4) is 0 Å². The van der Waals surface area contributed by atoms with Crippen LogP contribution in [0, 0.1) is 6.92 Å². The number of nitrogens with two attached hydrogens (primary N) is 1. The van der Waals surface area contributed by atoms with E-state index in [1.54, 1.807) is 0 Å². The van der Waals surface area contributed by atoms with Crippen molar-refractivity contribution in [3.63, 3.8) is 0 Å². The number of nitrogens with one attached hydrogen (secondary N) is 1. The lowest BCUT2D eigenvalue weighted by molar-refractivity contribution is -0.130. The van der Waals surface area contributed by atoms with Gasteiger partial charge in [0.2, 0.25) is 5.91 Å². The van der Waals surface area contributed by atoms with Crippen LogP contribution in [0.25, 0.3) is 0 Å². The number of nitrogen functional groups attached to an aromatic ring is 1. The van der Waals surface area contributed by atoms with Gasteiger partial charge >= 0.3 is 0 Å². The van der Waals surface area contributed by atoms with Gasteiger partial charge in [-0.25, -0.2) is 0 Å². The Balaban J connectivity index is 1.90. The number of anilines is 2. The van der Waals surface area contributed by atoms with Crippen LogP contribution in [0.2, 0.25) is 0 Å². The Bertz CT molecular complexity index is 425. The Labute approximate surface area is 108 Å². The van der Waals surface area contributed by atoms with Gasteiger partial charge in [0, 0.05) is 13.1 Å². The summed E-state index contributed by atoms with van der Waals surface area (Å²) in [6.07, 6.45) is 3.48. The molecule has 1 aromatic carbocycles. The lowest BCUT2D eigenvalue weighted by Crippen LogP contribution is -2.39. The summed E-state index contributed by atoms with van der Waals surface area (Å²) in [5.74, 6) is 0.163. The van der Waals surface area contributed by atoms with Crippen molar-refractivity contribution in [1.82, 2.24) is 4.90 Å². The Morgan fingerprint density at radius 2 is 2.06 bits per heavy atom. The molecule has 1 saturated heterocycles. The van der Waals surface area contributed by atoms with Gasteiger partial charge in [-0.2, -0.15) is 0 Å². The van der Waals surface area contributed by atoms with E-state index in [-0.39, 0.29) is 5.91 Å². The molecule has 0 spiro atoms. The first-order valence-electron chi connectivity index (χ1n) is 6.54. The van der Waals surface area contributed by atoms with E-state index in [2.05, 4.69) is 5.32 Å². The predicted molar refractivity (Wildman–Crippen MR) is 74.5 cm³/mol. The highest BCUT2D eigenvalue weighted by atomic mass is 16.2. The molecule has 0 aromatic heterocycles. The molecule has 1 aliphatic rings. The SMILES string of the molecule is Cc1ccc(N)c(NCC(=O)N2CCCCC2)c1. The number of amides is 1. The molecule has 0 radical (unpaired) electrons. The summed E-state index contributed by atoms with van der Waals surface area (Å²) in [7, 11) is 0. The molecule has 0 atom stereocenters. The number of hydrogen-bond acceptors (Lipinski definition) is 3. The van der Waals surface area contributed by atoms with E-state index in [0.717, 1.165) is 37.2 Å². The number of carbonyl (C=O) groups is 1. The average molecular weight is 247 g/mol. The van der Waals surface area contributed by atoms with Gasteiger partial charge in [-0.15, -0.1) is 0 Å². The van der Waals surface area contributed by atoms with Crippen LogP contribution in [0.3, 0.4) is 0 Å². The molecule has 1 heterocycles. The van der Waals surface area contributed by atoms with Crippen molar-refractivity contribution in [2.24, 2.45) is 0 Å². The van der Waals surface area contributed by atoms with Crippen molar-refractivity contribution in [2.75, 3.05) is 30.7 Å². The Morgan fingerprint density at radius 1 is 1.33 bits per heavy atom. The van der Waals surface area contributed by atoms with Gasteiger partial charge in [0.1, 0.15) is 0 Å². The number of benzene rings is 1. The summed E-state index contributed by atoms with van der Waals surface area (Å²) in [6.45, 7) is 4.12. The van der Waals surface area contributed by atoms with Crippen LogP contribution >= 0.6 is 0 Å². The molecule has 0 unspecified atom stereocenters. The molecule has 2 rings (SSSR count). The summed E-state index contributed by atoms with van der Waals surface area (Å²) in [5.41, 5.74) is 8.54. The van der Waals surface area contributed by atoms with Crippen molar-refractivity contribution < 1.29 is 4.79 Å². The monoisotopic (exact) mass is 247 g/mol. The summed E-state index contributed by atoms with van der Waals surface area (Å²) >= 11 is 0. The third-order valence-electron chi connectivity index (χ3n) is 3.35. The highest BCUT2D eigenvalue weighted by Crippen LogP contribution is 2.19. The second-order valence-electron chi connectivity index (χ2n) is 4.89. The predicted octanol–water partition coefficient (Wildman–Crippen LogP) is 2.00. The Morgan fingerprint density at radius 3 is 2.78 bits per heavy atom. The number of piperidine rings is 1. The minimum absolute atomic E-state index is 0.163. The maximum atomic E-state index is 12.0. The average Bonchev–Trinajstić information content (AvgIpc) is 2.40. The lowest BCUT2D eigenvalue weighted by Gasteiger charge is -2.27. The zero-order valence-corrected chi connectivity index (χ0v) is 10.9. The molecule has 1 aliphatic heterocycles. The number of aryl methyl sites for hydroxylation is 1. The van der Waals surface area contributed by atoms with E-state index in [9.17, 15) is 4.79 Å². The second-order valence-corrected chi connectivity index (χ2v) is 4.89. The van der Waals surface area contributed by atoms with Crippen LogP contribution in [0.5, 0.6) is 0 Å². The van der Waals surface area contributed by atoms with E-state index < -0.39 is 0 Å². The topological polar surface area (TPSA) is 58.4 Å². The van der Waals surface area contributed by atoms with Gasteiger partial charge in [0.15, 0.2) is 0 Å². The van der Waals surface area contributed by atoms with Gasteiger partial charge in [-0.1, -0.05) is 6.07 Å². The Hall–Kier alpha value is -1.71. The van der Waals surface area contributed by atoms with E-state index in [1.165, 1.54) is 6.42 Å². The zero-order chi connectivity index (χ0) is 13.0. The highest BCUT2D eigenvalue weighted by molar-refractivity contribution is 5.82. The molecule has 3 N–H and O–H groups in total. The van der Waals surface area contributed by atoms with Gasteiger partial charge in [0.25, 0.3) is 0 Å². The van der Waals surface area contributed by atoms with Gasteiger partial charge in [-0.05, 0) is 43.9 Å². The van der Waals surface area contributed by atoms with Gasteiger partial charge < -0.3 is 16.0 Å².